The molecule has 0 aliphatic heterocycles. The Bertz CT molecular complexity index is 809. The SMILES string of the molecule is CC(=O)Nc1ccccc1O.Nc1ccc(S(=O)(=O)O)cc1Cl. The Morgan fingerprint density at radius 3 is 2.30 bits per heavy atom. The molecule has 5 N–H and O–H groups in total. The van der Waals surface area contributed by atoms with Gasteiger partial charge in [0.1, 0.15) is 5.75 Å². The third-order valence-electron chi connectivity index (χ3n) is 2.48. The van der Waals surface area contributed by atoms with Gasteiger partial charge in [-0.2, -0.15) is 8.42 Å². The number of nitrogens with one attached hydrogen (secondary N) is 1. The number of hydrogen-bond acceptors (Lipinski definition) is 5. The molecule has 0 saturated heterocycles. The molecule has 23 heavy (non-hydrogen) atoms. The Morgan fingerprint density at radius 1 is 1.22 bits per heavy atom. The first-order valence-corrected chi connectivity index (χ1v) is 8.01. The van der Waals surface area contributed by atoms with E-state index in [1.807, 2.05) is 0 Å². The summed E-state index contributed by atoms with van der Waals surface area (Å²) >= 11 is 5.52. The van der Waals surface area contributed by atoms with E-state index in [2.05, 4.69) is 5.32 Å². The predicted molar refractivity (Wildman–Crippen MR) is 88.1 cm³/mol. The van der Waals surface area contributed by atoms with Gasteiger partial charge in [-0.15, -0.1) is 0 Å². The highest BCUT2D eigenvalue weighted by molar-refractivity contribution is 7.85. The van der Waals surface area contributed by atoms with Crippen molar-refractivity contribution in [1.29, 1.82) is 0 Å². The summed E-state index contributed by atoms with van der Waals surface area (Å²) in [5.41, 5.74) is 6.04. The molecule has 0 saturated carbocycles. The van der Waals surface area contributed by atoms with Crippen molar-refractivity contribution in [1.82, 2.24) is 0 Å². The van der Waals surface area contributed by atoms with Gasteiger partial charge < -0.3 is 16.2 Å². The van der Waals surface area contributed by atoms with Gasteiger partial charge in [-0.25, -0.2) is 0 Å². The number of phenolic OH excluding ortho intramolecular Hbond substituents is 1. The van der Waals surface area contributed by atoms with Crippen LogP contribution in [0.4, 0.5) is 11.4 Å². The Labute approximate surface area is 138 Å². The second-order valence-corrected chi connectivity index (χ2v) is 6.19. The van der Waals surface area contributed by atoms with Crippen LogP contribution in [0.15, 0.2) is 47.4 Å². The Morgan fingerprint density at radius 2 is 1.83 bits per heavy atom. The number of amides is 1. The highest BCUT2D eigenvalue weighted by Crippen LogP contribution is 2.22. The number of para-hydroxylation sites is 2. The molecule has 0 aliphatic rings. The summed E-state index contributed by atoms with van der Waals surface area (Å²) in [7, 11) is -4.18. The summed E-state index contributed by atoms with van der Waals surface area (Å²) in [6.07, 6.45) is 0. The van der Waals surface area contributed by atoms with Crippen molar-refractivity contribution >= 4 is 39.0 Å². The number of phenols is 1. The highest BCUT2D eigenvalue weighted by atomic mass is 35.5. The average Bonchev–Trinajstić information content (AvgIpc) is 2.43. The van der Waals surface area contributed by atoms with E-state index in [0.29, 0.717) is 5.69 Å². The fourth-order valence-corrected chi connectivity index (χ4v) is 2.19. The minimum absolute atomic E-state index is 0.0858. The topological polar surface area (TPSA) is 130 Å². The minimum Gasteiger partial charge on any atom is -0.506 e. The van der Waals surface area contributed by atoms with Crippen molar-refractivity contribution in [3.05, 3.63) is 47.5 Å². The minimum atomic E-state index is -4.18. The van der Waals surface area contributed by atoms with Crippen LogP contribution in [0.5, 0.6) is 5.75 Å². The van der Waals surface area contributed by atoms with Gasteiger partial charge >= 0.3 is 0 Å². The van der Waals surface area contributed by atoms with Gasteiger partial charge in [-0.3, -0.25) is 9.35 Å². The van der Waals surface area contributed by atoms with E-state index in [1.165, 1.54) is 25.1 Å². The van der Waals surface area contributed by atoms with Crippen LogP contribution in [0.25, 0.3) is 0 Å². The lowest BCUT2D eigenvalue weighted by Gasteiger charge is -2.02. The smallest absolute Gasteiger partial charge is 0.294 e. The number of hydrogen-bond donors (Lipinski definition) is 4. The zero-order chi connectivity index (χ0) is 17.6. The van der Waals surface area contributed by atoms with Gasteiger partial charge in [-0.1, -0.05) is 23.7 Å². The number of nitrogens with two attached hydrogens (primary N) is 1. The molecular formula is C14H15ClN2O5S. The van der Waals surface area contributed by atoms with Gasteiger partial charge in [0.05, 0.1) is 21.3 Å². The molecule has 0 aliphatic carbocycles. The molecule has 2 rings (SSSR count). The number of rotatable bonds is 2. The maximum atomic E-state index is 10.6. The van der Waals surface area contributed by atoms with E-state index >= 15 is 0 Å². The number of carbonyl (C=O) groups is 1. The first-order valence-electron chi connectivity index (χ1n) is 6.19. The molecule has 0 bridgehead atoms. The lowest BCUT2D eigenvalue weighted by molar-refractivity contribution is -0.114. The van der Waals surface area contributed by atoms with Crippen LogP contribution >= 0.6 is 11.6 Å². The van der Waals surface area contributed by atoms with Crippen LogP contribution in [-0.4, -0.2) is 24.0 Å². The Balaban J connectivity index is 0.000000231. The molecule has 0 atom stereocenters. The van der Waals surface area contributed by atoms with Crippen molar-refractivity contribution < 1.29 is 22.9 Å². The quantitative estimate of drug-likeness (QED) is 0.371. The van der Waals surface area contributed by atoms with Crippen LogP contribution in [-0.2, 0) is 14.9 Å². The van der Waals surface area contributed by atoms with Gasteiger partial charge in [0.25, 0.3) is 10.1 Å². The van der Waals surface area contributed by atoms with Crippen molar-refractivity contribution in [2.45, 2.75) is 11.8 Å². The largest absolute Gasteiger partial charge is 0.506 e. The summed E-state index contributed by atoms with van der Waals surface area (Å²) in [6.45, 7) is 1.40. The summed E-state index contributed by atoms with van der Waals surface area (Å²) in [5, 5.41) is 11.7. The van der Waals surface area contributed by atoms with Crippen LogP contribution in [0.3, 0.4) is 0 Å². The molecule has 2 aromatic rings. The zero-order valence-electron chi connectivity index (χ0n) is 12.0. The van der Waals surface area contributed by atoms with Gasteiger partial charge in [0, 0.05) is 6.92 Å². The summed E-state index contributed by atoms with van der Waals surface area (Å²) in [4.78, 5) is 10.3. The van der Waals surface area contributed by atoms with Crippen LogP contribution in [0.2, 0.25) is 5.02 Å². The Kier molecular flexibility index (Phi) is 6.38. The molecule has 2 aromatic carbocycles. The van der Waals surface area contributed by atoms with Crippen molar-refractivity contribution in [3.63, 3.8) is 0 Å². The molecule has 0 fully saturated rings. The van der Waals surface area contributed by atoms with Gasteiger partial charge in [0.15, 0.2) is 0 Å². The summed E-state index contributed by atoms with van der Waals surface area (Å²) in [6, 6.07) is 10.2. The first-order chi connectivity index (χ1) is 10.6. The van der Waals surface area contributed by atoms with Gasteiger partial charge in [0.2, 0.25) is 5.91 Å². The maximum absolute atomic E-state index is 10.6. The zero-order valence-corrected chi connectivity index (χ0v) is 13.6. The average molecular weight is 359 g/mol. The maximum Gasteiger partial charge on any atom is 0.294 e. The normalized spacial score (nSPS) is 10.4. The molecule has 7 nitrogen and oxygen atoms in total. The third kappa shape index (κ3) is 6.15. The third-order valence-corrected chi connectivity index (χ3v) is 3.66. The van der Waals surface area contributed by atoms with Crippen LogP contribution in [0, 0.1) is 0 Å². The summed E-state index contributed by atoms with van der Waals surface area (Å²) in [5.74, 6) is -0.103. The number of benzene rings is 2. The summed E-state index contributed by atoms with van der Waals surface area (Å²) < 4.78 is 29.7. The van der Waals surface area contributed by atoms with E-state index in [4.69, 9.17) is 27.0 Å². The van der Waals surface area contributed by atoms with E-state index in [1.54, 1.807) is 18.2 Å². The van der Waals surface area contributed by atoms with Crippen molar-refractivity contribution in [2.75, 3.05) is 11.1 Å². The number of carbonyl (C=O) groups excluding carboxylic acids is 1. The number of aromatic hydroxyl groups is 1. The van der Waals surface area contributed by atoms with E-state index in [-0.39, 0.29) is 27.3 Å². The molecule has 9 heteroatoms. The first kappa shape index (κ1) is 18.8. The molecule has 1 amide bonds. The number of nitrogen functional groups attached to an aromatic ring is 1. The van der Waals surface area contributed by atoms with E-state index in [0.717, 1.165) is 6.07 Å². The molecule has 0 radical (unpaired) electrons. The molecule has 0 aromatic heterocycles. The molecule has 0 unspecified atom stereocenters. The fraction of sp³-hybridized carbons (Fsp3) is 0.0714. The Hall–Kier alpha value is -2.29. The standard InChI is InChI=1S/C8H9NO2.C6H6ClNO3S/c1-6(10)9-7-4-2-3-5-8(7)11;7-5-3-4(12(9,10)11)1-2-6(5)8/h2-5,11H,1H3,(H,9,10);1-3H,8H2,(H,9,10,11). The van der Waals surface area contributed by atoms with Crippen molar-refractivity contribution in [3.8, 4) is 5.75 Å². The van der Waals surface area contributed by atoms with Gasteiger partial charge in [-0.05, 0) is 30.3 Å². The second kappa shape index (κ2) is 7.82. The number of anilines is 2. The predicted octanol–water partition coefficient (Wildman–Crippen LogP) is 2.52. The molecule has 124 valence electrons. The lowest BCUT2D eigenvalue weighted by atomic mass is 10.3. The molecule has 0 heterocycles. The monoisotopic (exact) mass is 358 g/mol. The van der Waals surface area contributed by atoms with Crippen LogP contribution in [0.1, 0.15) is 6.92 Å². The second-order valence-electron chi connectivity index (χ2n) is 4.36. The van der Waals surface area contributed by atoms with E-state index in [9.17, 15) is 13.2 Å². The molecular weight excluding hydrogens is 344 g/mol. The van der Waals surface area contributed by atoms with E-state index < -0.39 is 10.1 Å². The fourth-order valence-electron chi connectivity index (χ4n) is 1.44. The lowest BCUT2D eigenvalue weighted by Crippen LogP contribution is -2.05. The number of halogens is 1. The van der Waals surface area contributed by atoms with Crippen LogP contribution < -0.4 is 11.1 Å². The highest BCUT2D eigenvalue weighted by Gasteiger charge is 2.10. The van der Waals surface area contributed by atoms with Crippen molar-refractivity contribution in [2.24, 2.45) is 0 Å². The molecule has 0 spiro atoms.